The molecule has 3 aromatic rings. The summed E-state index contributed by atoms with van der Waals surface area (Å²) in [5, 5.41) is 3.78. The van der Waals surface area contributed by atoms with Gasteiger partial charge in [0.1, 0.15) is 12.4 Å². The molecular formula is C26H26ClNO3. The SMILES string of the molecule is Cc1cc(NC(=O)C2(c3ccc(Cl)cc3)CCOCC2)ccc1OCc1ccccc1. The molecule has 3 aromatic carbocycles. The lowest BCUT2D eigenvalue weighted by atomic mass is 9.73. The van der Waals surface area contributed by atoms with Gasteiger partial charge in [-0.25, -0.2) is 0 Å². The maximum Gasteiger partial charge on any atom is 0.235 e. The third-order valence-electron chi connectivity index (χ3n) is 5.85. The quantitative estimate of drug-likeness (QED) is 0.523. The molecule has 1 saturated heterocycles. The van der Waals surface area contributed by atoms with Crippen molar-refractivity contribution in [2.24, 2.45) is 0 Å². The Morgan fingerprint density at radius 2 is 1.74 bits per heavy atom. The first-order chi connectivity index (χ1) is 15.1. The van der Waals surface area contributed by atoms with Crippen molar-refractivity contribution in [3.05, 3.63) is 94.5 Å². The standard InChI is InChI=1S/C26H26ClNO3/c1-19-17-23(11-12-24(19)31-18-20-5-3-2-4-6-20)28-25(29)26(13-15-30-16-14-26)21-7-9-22(27)10-8-21/h2-12,17H,13-16,18H2,1H3,(H,28,29). The molecule has 4 nitrogen and oxygen atoms in total. The third kappa shape index (κ3) is 4.92. The minimum Gasteiger partial charge on any atom is -0.489 e. The van der Waals surface area contributed by atoms with E-state index in [0.29, 0.717) is 37.7 Å². The lowest BCUT2D eigenvalue weighted by Crippen LogP contribution is -2.44. The Labute approximate surface area is 188 Å². The number of ether oxygens (including phenoxy) is 2. The van der Waals surface area contributed by atoms with Crippen LogP contribution in [0.3, 0.4) is 0 Å². The second-order valence-electron chi connectivity index (χ2n) is 7.91. The van der Waals surface area contributed by atoms with Crippen LogP contribution < -0.4 is 10.1 Å². The normalized spacial score (nSPS) is 15.3. The molecule has 0 atom stereocenters. The molecule has 1 aliphatic heterocycles. The fourth-order valence-electron chi connectivity index (χ4n) is 4.01. The molecule has 0 radical (unpaired) electrons. The third-order valence-corrected chi connectivity index (χ3v) is 6.10. The molecule has 1 amide bonds. The Balaban J connectivity index is 1.49. The number of nitrogens with one attached hydrogen (secondary N) is 1. The minimum absolute atomic E-state index is 0.0181. The number of carbonyl (C=O) groups is 1. The van der Waals surface area contributed by atoms with Crippen molar-refractivity contribution < 1.29 is 14.3 Å². The van der Waals surface area contributed by atoms with Crippen molar-refractivity contribution in [2.45, 2.75) is 31.8 Å². The first kappa shape index (κ1) is 21.4. The zero-order valence-electron chi connectivity index (χ0n) is 17.6. The monoisotopic (exact) mass is 435 g/mol. The van der Waals surface area contributed by atoms with E-state index in [1.807, 2.05) is 79.7 Å². The van der Waals surface area contributed by atoms with E-state index in [4.69, 9.17) is 21.1 Å². The summed E-state index contributed by atoms with van der Waals surface area (Å²) in [6, 6.07) is 23.4. The molecule has 1 heterocycles. The minimum atomic E-state index is -0.626. The number of amides is 1. The number of hydrogen-bond acceptors (Lipinski definition) is 3. The number of rotatable bonds is 6. The second-order valence-corrected chi connectivity index (χ2v) is 8.35. The fourth-order valence-corrected chi connectivity index (χ4v) is 4.14. The number of benzene rings is 3. The lowest BCUT2D eigenvalue weighted by Gasteiger charge is -2.36. The number of carbonyl (C=O) groups excluding carboxylic acids is 1. The summed E-state index contributed by atoms with van der Waals surface area (Å²) >= 11 is 6.07. The molecule has 31 heavy (non-hydrogen) atoms. The van der Waals surface area contributed by atoms with Crippen molar-refractivity contribution in [2.75, 3.05) is 18.5 Å². The molecule has 0 saturated carbocycles. The van der Waals surface area contributed by atoms with Gasteiger partial charge >= 0.3 is 0 Å². The van der Waals surface area contributed by atoms with Gasteiger partial charge in [0.05, 0.1) is 5.41 Å². The molecule has 0 aromatic heterocycles. The Morgan fingerprint density at radius 1 is 1.03 bits per heavy atom. The van der Waals surface area contributed by atoms with Gasteiger partial charge in [0.15, 0.2) is 0 Å². The van der Waals surface area contributed by atoms with Gasteiger partial charge in [0, 0.05) is 23.9 Å². The van der Waals surface area contributed by atoms with Gasteiger partial charge in [-0.05, 0) is 66.8 Å². The number of hydrogen-bond donors (Lipinski definition) is 1. The molecule has 1 aliphatic rings. The van der Waals surface area contributed by atoms with Gasteiger partial charge in [-0.1, -0.05) is 54.1 Å². The van der Waals surface area contributed by atoms with Crippen LogP contribution in [0.2, 0.25) is 5.02 Å². The molecular weight excluding hydrogens is 410 g/mol. The summed E-state index contributed by atoms with van der Waals surface area (Å²) in [7, 11) is 0. The van der Waals surface area contributed by atoms with E-state index in [9.17, 15) is 4.79 Å². The van der Waals surface area contributed by atoms with Crippen LogP contribution in [0.15, 0.2) is 72.8 Å². The fraction of sp³-hybridized carbons (Fsp3) is 0.269. The summed E-state index contributed by atoms with van der Waals surface area (Å²) in [6.07, 6.45) is 1.27. The zero-order valence-corrected chi connectivity index (χ0v) is 18.3. The second kappa shape index (κ2) is 9.54. The van der Waals surface area contributed by atoms with Gasteiger partial charge in [0.25, 0.3) is 0 Å². The summed E-state index contributed by atoms with van der Waals surface area (Å²) in [5.74, 6) is 0.788. The maximum absolute atomic E-state index is 13.5. The van der Waals surface area contributed by atoms with Crippen LogP contribution in [0.25, 0.3) is 0 Å². The molecule has 4 rings (SSSR count). The van der Waals surface area contributed by atoms with Crippen molar-refractivity contribution in [3.63, 3.8) is 0 Å². The largest absolute Gasteiger partial charge is 0.489 e. The predicted octanol–water partition coefficient (Wildman–Crippen LogP) is 5.91. The summed E-state index contributed by atoms with van der Waals surface area (Å²) in [4.78, 5) is 13.5. The Kier molecular flexibility index (Phi) is 6.59. The van der Waals surface area contributed by atoms with Crippen LogP contribution >= 0.6 is 11.6 Å². The average Bonchev–Trinajstić information content (AvgIpc) is 2.80. The van der Waals surface area contributed by atoms with E-state index in [1.165, 1.54) is 0 Å². The van der Waals surface area contributed by atoms with E-state index in [-0.39, 0.29) is 5.91 Å². The van der Waals surface area contributed by atoms with Crippen LogP contribution in [-0.4, -0.2) is 19.1 Å². The van der Waals surface area contributed by atoms with Crippen molar-refractivity contribution in [3.8, 4) is 5.75 Å². The molecule has 0 unspecified atom stereocenters. The highest BCUT2D eigenvalue weighted by atomic mass is 35.5. The van der Waals surface area contributed by atoms with Gasteiger partial charge in [-0.15, -0.1) is 0 Å². The molecule has 1 fully saturated rings. The highest BCUT2D eigenvalue weighted by Crippen LogP contribution is 2.37. The van der Waals surface area contributed by atoms with E-state index in [0.717, 1.165) is 28.1 Å². The predicted molar refractivity (Wildman–Crippen MR) is 124 cm³/mol. The van der Waals surface area contributed by atoms with E-state index in [2.05, 4.69) is 5.32 Å². The molecule has 5 heteroatoms. The van der Waals surface area contributed by atoms with Crippen LogP contribution in [0.4, 0.5) is 5.69 Å². The zero-order chi connectivity index (χ0) is 21.7. The van der Waals surface area contributed by atoms with Crippen molar-refractivity contribution >= 4 is 23.2 Å². The Hall–Kier alpha value is -2.82. The first-order valence-electron chi connectivity index (χ1n) is 10.5. The number of halogens is 1. The van der Waals surface area contributed by atoms with Crippen LogP contribution in [-0.2, 0) is 21.6 Å². The Morgan fingerprint density at radius 3 is 2.42 bits per heavy atom. The van der Waals surface area contributed by atoms with Crippen LogP contribution in [0.5, 0.6) is 5.75 Å². The smallest absolute Gasteiger partial charge is 0.235 e. The summed E-state index contributed by atoms with van der Waals surface area (Å²) in [6.45, 7) is 3.61. The molecule has 0 bridgehead atoms. The molecule has 0 spiro atoms. The van der Waals surface area contributed by atoms with E-state index >= 15 is 0 Å². The van der Waals surface area contributed by atoms with E-state index < -0.39 is 5.41 Å². The van der Waals surface area contributed by atoms with Gasteiger partial charge in [-0.2, -0.15) is 0 Å². The van der Waals surface area contributed by atoms with Crippen LogP contribution in [0.1, 0.15) is 29.5 Å². The summed E-state index contributed by atoms with van der Waals surface area (Å²) < 4.78 is 11.5. The first-order valence-corrected chi connectivity index (χ1v) is 10.9. The number of anilines is 1. The van der Waals surface area contributed by atoms with Crippen molar-refractivity contribution in [1.82, 2.24) is 0 Å². The number of aryl methyl sites for hydroxylation is 1. The summed E-state index contributed by atoms with van der Waals surface area (Å²) in [5.41, 5.74) is 3.19. The van der Waals surface area contributed by atoms with Gasteiger partial charge < -0.3 is 14.8 Å². The topological polar surface area (TPSA) is 47.6 Å². The molecule has 1 N–H and O–H groups in total. The highest BCUT2D eigenvalue weighted by molar-refractivity contribution is 6.30. The Bertz CT molecular complexity index is 1030. The highest BCUT2D eigenvalue weighted by Gasteiger charge is 2.41. The maximum atomic E-state index is 13.5. The lowest BCUT2D eigenvalue weighted by molar-refractivity contribution is -0.125. The molecule has 160 valence electrons. The van der Waals surface area contributed by atoms with Crippen LogP contribution in [0, 0.1) is 6.92 Å². The average molecular weight is 436 g/mol. The van der Waals surface area contributed by atoms with E-state index in [1.54, 1.807) is 0 Å². The van der Waals surface area contributed by atoms with Gasteiger partial charge in [0.2, 0.25) is 5.91 Å². The van der Waals surface area contributed by atoms with Crippen molar-refractivity contribution in [1.29, 1.82) is 0 Å². The molecule has 0 aliphatic carbocycles. The van der Waals surface area contributed by atoms with Gasteiger partial charge in [-0.3, -0.25) is 4.79 Å².